The fraction of sp³-hybridized carbons (Fsp3) is 0.500. The second kappa shape index (κ2) is 4.25. The molecule has 0 amide bonds. The maximum atomic E-state index is 9.48. The van der Waals surface area contributed by atoms with Gasteiger partial charge in [0, 0.05) is 18.4 Å². The van der Waals surface area contributed by atoms with Crippen molar-refractivity contribution in [1.82, 2.24) is 10.3 Å². The zero-order valence-corrected chi connectivity index (χ0v) is 7.12. The Labute approximate surface area is 71.8 Å². The molecule has 1 aromatic rings. The van der Waals surface area contributed by atoms with Crippen molar-refractivity contribution in [2.24, 2.45) is 5.73 Å². The molecule has 0 aliphatic heterocycles. The van der Waals surface area contributed by atoms with E-state index in [-0.39, 0.29) is 12.6 Å². The summed E-state index contributed by atoms with van der Waals surface area (Å²) in [5.41, 5.74) is 6.30. The lowest BCUT2D eigenvalue weighted by molar-refractivity contribution is 0.137. The fourth-order valence-corrected chi connectivity index (χ4v) is 1.23. The summed E-state index contributed by atoms with van der Waals surface area (Å²) in [7, 11) is 1.80. The Morgan fingerprint density at radius 3 is 2.92 bits per heavy atom. The van der Waals surface area contributed by atoms with Crippen LogP contribution in [0.4, 0.5) is 0 Å². The molecule has 0 fully saturated rings. The van der Waals surface area contributed by atoms with E-state index in [2.05, 4.69) is 10.3 Å². The number of likely N-dealkylation sites (N-methyl/N-ethyl adjacent to an activating group) is 1. The zero-order valence-electron chi connectivity index (χ0n) is 7.12. The number of aromatic nitrogens is 1. The molecule has 12 heavy (non-hydrogen) atoms. The first-order valence-electron chi connectivity index (χ1n) is 3.98. The van der Waals surface area contributed by atoms with Crippen LogP contribution in [-0.2, 0) is 0 Å². The molecule has 5 N–H and O–H groups in total. The lowest BCUT2D eigenvalue weighted by Crippen LogP contribution is -2.35. The minimum atomic E-state index is -0.548. The molecule has 0 bridgehead atoms. The summed E-state index contributed by atoms with van der Waals surface area (Å²) in [6.07, 6.45) is 1.27. The van der Waals surface area contributed by atoms with Gasteiger partial charge in [0.2, 0.25) is 0 Å². The van der Waals surface area contributed by atoms with Gasteiger partial charge in [-0.3, -0.25) is 0 Å². The molecule has 1 heterocycles. The Morgan fingerprint density at radius 2 is 2.50 bits per heavy atom. The van der Waals surface area contributed by atoms with Crippen molar-refractivity contribution in [3.8, 4) is 0 Å². The van der Waals surface area contributed by atoms with Crippen molar-refractivity contribution in [3.05, 3.63) is 24.0 Å². The number of rotatable bonds is 4. The smallest absolute Gasteiger partial charge is 0.0871 e. The summed E-state index contributed by atoms with van der Waals surface area (Å²) in [4.78, 5) is 3.03. The normalized spacial score (nSPS) is 15.9. The molecule has 1 aromatic heterocycles. The molecule has 0 aromatic carbocycles. The number of aromatic amines is 1. The van der Waals surface area contributed by atoms with Crippen LogP contribution in [0.1, 0.15) is 11.7 Å². The van der Waals surface area contributed by atoms with Crippen LogP contribution in [0, 0.1) is 0 Å². The minimum absolute atomic E-state index is 0.106. The van der Waals surface area contributed by atoms with Gasteiger partial charge in [-0.2, -0.15) is 0 Å². The van der Waals surface area contributed by atoms with E-state index >= 15 is 0 Å². The molecular formula is C8H15N3O. The van der Waals surface area contributed by atoms with Gasteiger partial charge in [0.1, 0.15) is 0 Å². The molecule has 2 unspecified atom stereocenters. The first-order chi connectivity index (χ1) is 5.79. The predicted octanol–water partition coefficient (Wildman–Crippen LogP) is -0.405. The fourth-order valence-electron chi connectivity index (χ4n) is 1.23. The number of nitrogens with one attached hydrogen (secondary N) is 2. The number of hydrogen-bond donors (Lipinski definition) is 4. The lowest BCUT2D eigenvalue weighted by atomic mass is 10.1. The highest BCUT2D eigenvalue weighted by molar-refractivity contribution is 5.10. The second-order valence-electron chi connectivity index (χ2n) is 2.69. The molecule has 4 nitrogen and oxygen atoms in total. The van der Waals surface area contributed by atoms with E-state index in [1.807, 2.05) is 18.3 Å². The zero-order chi connectivity index (χ0) is 8.97. The second-order valence-corrected chi connectivity index (χ2v) is 2.69. The van der Waals surface area contributed by atoms with Crippen molar-refractivity contribution >= 4 is 0 Å². The largest absolute Gasteiger partial charge is 0.390 e. The Kier molecular flexibility index (Phi) is 3.28. The maximum Gasteiger partial charge on any atom is 0.0871 e. The van der Waals surface area contributed by atoms with E-state index in [0.29, 0.717) is 0 Å². The summed E-state index contributed by atoms with van der Waals surface area (Å²) in [5.74, 6) is 0. The van der Waals surface area contributed by atoms with Gasteiger partial charge < -0.3 is 21.1 Å². The molecule has 0 radical (unpaired) electrons. The molecular weight excluding hydrogens is 154 g/mol. The van der Waals surface area contributed by atoms with Gasteiger partial charge >= 0.3 is 0 Å². The third kappa shape index (κ3) is 1.85. The van der Waals surface area contributed by atoms with Crippen molar-refractivity contribution in [2.75, 3.05) is 13.6 Å². The van der Waals surface area contributed by atoms with Crippen molar-refractivity contribution < 1.29 is 5.11 Å². The number of H-pyrrole nitrogens is 1. The summed E-state index contributed by atoms with van der Waals surface area (Å²) < 4.78 is 0. The van der Waals surface area contributed by atoms with Crippen LogP contribution in [0.3, 0.4) is 0 Å². The number of aliphatic hydroxyl groups excluding tert-OH is 1. The Bertz CT molecular complexity index is 210. The Hall–Kier alpha value is -0.840. The Balaban J connectivity index is 2.69. The topological polar surface area (TPSA) is 74.1 Å². The van der Waals surface area contributed by atoms with E-state index in [0.717, 1.165) is 5.69 Å². The molecule has 0 saturated heterocycles. The van der Waals surface area contributed by atoms with E-state index in [4.69, 9.17) is 5.73 Å². The van der Waals surface area contributed by atoms with E-state index < -0.39 is 6.10 Å². The highest BCUT2D eigenvalue weighted by Gasteiger charge is 2.17. The quantitative estimate of drug-likeness (QED) is 0.495. The Morgan fingerprint density at radius 1 is 1.75 bits per heavy atom. The van der Waals surface area contributed by atoms with E-state index in [1.54, 1.807) is 7.05 Å². The standard InChI is InChI=1S/C8H15N3O/c1-10-8(7(12)5-9)6-3-2-4-11-6/h2-4,7-8,10-12H,5,9H2,1H3. The van der Waals surface area contributed by atoms with Gasteiger partial charge in [-0.15, -0.1) is 0 Å². The summed E-state index contributed by atoms with van der Waals surface area (Å²) >= 11 is 0. The first kappa shape index (κ1) is 9.25. The monoisotopic (exact) mass is 169 g/mol. The molecule has 0 aliphatic rings. The highest BCUT2D eigenvalue weighted by atomic mass is 16.3. The van der Waals surface area contributed by atoms with E-state index in [1.165, 1.54) is 0 Å². The molecule has 0 spiro atoms. The van der Waals surface area contributed by atoms with Gasteiger partial charge in [0.15, 0.2) is 0 Å². The van der Waals surface area contributed by atoms with Gasteiger partial charge in [0.25, 0.3) is 0 Å². The summed E-state index contributed by atoms with van der Waals surface area (Å²) in [5, 5.41) is 12.5. The van der Waals surface area contributed by atoms with Crippen LogP contribution in [0.5, 0.6) is 0 Å². The van der Waals surface area contributed by atoms with Crippen LogP contribution in [0.25, 0.3) is 0 Å². The molecule has 2 atom stereocenters. The number of aliphatic hydroxyl groups is 1. The average Bonchev–Trinajstić information content (AvgIpc) is 2.58. The van der Waals surface area contributed by atoms with Crippen LogP contribution < -0.4 is 11.1 Å². The van der Waals surface area contributed by atoms with Gasteiger partial charge in [-0.25, -0.2) is 0 Å². The third-order valence-electron chi connectivity index (χ3n) is 1.89. The van der Waals surface area contributed by atoms with Crippen LogP contribution >= 0.6 is 0 Å². The van der Waals surface area contributed by atoms with Crippen molar-refractivity contribution in [3.63, 3.8) is 0 Å². The van der Waals surface area contributed by atoms with Crippen molar-refractivity contribution in [1.29, 1.82) is 0 Å². The molecule has 4 heteroatoms. The van der Waals surface area contributed by atoms with Crippen molar-refractivity contribution in [2.45, 2.75) is 12.1 Å². The molecule has 68 valence electrons. The summed E-state index contributed by atoms with van der Waals surface area (Å²) in [6.45, 7) is 0.254. The van der Waals surface area contributed by atoms with Crippen LogP contribution in [0.2, 0.25) is 0 Å². The lowest BCUT2D eigenvalue weighted by Gasteiger charge is -2.19. The predicted molar refractivity (Wildman–Crippen MR) is 47.7 cm³/mol. The number of nitrogens with two attached hydrogens (primary N) is 1. The molecule has 0 aliphatic carbocycles. The van der Waals surface area contributed by atoms with E-state index in [9.17, 15) is 5.11 Å². The first-order valence-corrected chi connectivity index (χ1v) is 3.98. The summed E-state index contributed by atoms with van der Waals surface area (Å²) in [6, 6.07) is 3.70. The minimum Gasteiger partial charge on any atom is -0.390 e. The molecule has 1 rings (SSSR count). The van der Waals surface area contributed by atoms with Gasteiger partial charge in [-0.05, 0) is 19.2 Å². The average molecular weight is 169 g/mol. The third-order valence-corrected chi connectivity index (χ3v) is 1.89. The van der Waals surface area contributed by atoms with Gasteiger partial charge in [-0.1, -0.05) is 0 Å². The SMILES string of the molecule is CNC(c1ccc[nH]1)C(O)CN. The molecule has 0 saturated carbocycles. The van der Waals surface area contributed by atoms with Crippen LogP contribution in [-0.4, -0.2) is 29.8 Å². The van der Waals surface area contributed by atoms with Gasteiger partial charge in [0.05, 0.1) is 12.1 Å². The number of hydrogen-bond acceptors (Lipinski definition) is 3. The highest BCUT2D eigenvalue weighted by Crippen LogP contribution is 2.12. The van der Waals surface area contributed by atoms with Crippen LogP contribution in [0.15, 0.2) is 18.3 Å². The maximum absolute atomic E-state index is 9.48.